The van der Waals surface area contributed by atoms with Crippen molar-refractivity contribution < 1.29 is 18.7 Å². The minimum absolute atomic E-state index is 0.0392. The zero-order chi connectivity index (χ0) is 15.4. The standard InChI is InChI=1S/C16H14ClFO3/c1-20-15-6-4-11(9-16(15)21-2)14(19)8-10-3-5-12(17)13(18)7-10/h3-7,9H,8H2,1-2H3. The number of halogens is 2. The van der Waals surface area contributed by atoms with E-state index in [1.807, 2.05) is 0 Å². The number of Topliss-reactive ketones (excluding diaryl/α,β-unsaturated/α-hetero) is 1. The first-order valence-corrected chi connectivity index (χ1v) is 6.62. The first-order chi connectivity index (χ1) is 10.0. The number of rotatable bonds is 5. The molecule has 3 nitrogen and oxygen atoms in total. The molecule has 0 saturated carbocycles. The zero-order valence-corrected chi connectivity index (χ0v) is 12.4. The highest BCUT2D eigenvalue weighted by atomic mass is 35.5. The average molecular weight is 309 g/mol. The van der Waals surface area contributed by atoms with Gasteiger partial charge in [-0.2, -0.15) is 0 Å². The molecular formula is C16H14ClFO3. The summed E-state index contributed by atoms with van der Waals surface area (Å²) >= 11 is 5.62. The molecule has 0 N–H and O–H groups in total. The van der Waals surface area contributed by atoms with Crippen LogP contribution in [-0.2, 0) is 6.42 Å². The Morgan fingerprint density at radius 2 is 1.81 bits per heavy atom. The van der Waals surface area contributed by atoms with Gasteiger partial charge in [-0.25, -0.2) is 4.39 Å². The molecule has 2 aromatic carbocycles. The molecule has 0 bridgehead atoms. The van der Waals surface area contributed by atoms with Crippen LogP contribution in [0.25, 0.3) is 0 Å². The smallest absolute Gasteiger partial charge is 0.167 e. The first-order valence-electron chi connectivity index (χ1n) is 6.24. The summed E-state index contributed by atoms with van der Waals surface area (Å²) in [6, 6.07) is 9.25. The molecule has 0 radical (unpaired) electrons. The summed E-state index contributed by atoms with van der Waals surface area (Å²) in [5.74, 6) is 0.351. The molecule has 0 fully saturated rings. The third-order valence-corrected chi connectivity index (χ3v) is 3.36. The molecule has 21 heavy (non-hydrogen) atoms. The molecule has 2 aromatic rings. The Hall–Kier alpha value is -2.07. The van der Waals surface area contributed by atoms with Gasteiger partial charge in [0.2, 0.25) is 0 Å². The molecule has 0 heterocycles. The molecule has 0 aliphatic carbocycles. The van der Waals surface area contributed by atoms with Crippen LogP contribution in [0, 0.1) is 5.82 Å². The summed E-state index contributed by atoms with van der Waals surface area (Å²) in [5, 5.41) is 0.0392. The molecule has 0 aliphatic heterocycles. The second-order valence-corrected chi connectivity index (χ2v) is 4.83. The quantitative estimate of drug-likeness (QED) is 0.785. The summed E-state index contributed by atoms with van der Waals surface area (Å²) in [6.07, 6.45) is 0.0869. The van der Waals surface area contributed by atoms with E-state index in [1.165, 1.54) is 26.4 Å². The van der Waals surface area contributed by atoms with Crippen molar-refractivity contribution in [1.29, 1.82) is 0 Å². The number of methoxy groups -OCH3 is 2. The van der Waals surface area contributed by atoms with Gasteiger partial charge >= 0.3 is 0 Å². The van der Waals surface area contributed by atoms with Crippen molar-refractivity contribution >= 4 is 17.4 Å². The largest absolute Gasteiger partial charge is 0.493 e. The maximum absolute atomic E-state index is 13.4. The molecule has 2 rings (SSSR count). The van der Waals surface area contributed by atoms with Gasteiger partial charge in [0.15, 0.2) is 17.3 Å². The Morgan fingerprint density at radius 3 is 2.43 bits per heavy atom. The molecule has 110 valence electrons. The lowest BCUT2D eigenvalue weighted by Gasteiger charge is -2.09. The van der Waals surface area contributed by atoms with Crippen molar-refractivity contribution in [2.24, 2.45) is 0 Å². The van der Waals surface area contributed by atoms with Gasteiger partial charge in [0.1, 0.15) is 5.82 Å². The number of ether oxygens (including phenoxy) is 2. The van der Waals surface area contributed by atoms with Crippen LogP contribution >= 0.6 is 11.6 Å². The molecule has 0 saturated heterocycles. The lowest BCUT2D eigenvalue weighted by molar-refractivity contribution is 0.0992. The molecule has 0 aliphatic rings. The van der Waals surface area contributed by atoms with Crippen LogP contribution < -0.4 is 9.47 Å². The number of carbonyl (C=O) groups is 1. The summed E-state index contributed by atoms with van der Waals surface area (Å²) in [6.45, 7) is 0. The fourth-order valence-electron chi connectivity index (χ4n) is 1.95. The van der Waals surface area contributed by atoms with Crippen LogP contribution in [0.15, 0.2) is 36.4 Å². The minimum atomic E-state index is -0.533. The van der Waals surface area contributed by atoms with Crippen molar-refractivity contribution in [2.45, 2.75) is 6.42 Å². The van der Waals surface area contributed by atoms with Crippen LogP contribution in [0.3, 0.4) is 0 Å². The van der Waals surface area contributed by atoms with Crippen molar-refractivity contribution in [3.05, 3.63) is 58.4 Å². The maximum atomic E-state index is 13.4. The molecule has 0 aromatic heterocycles. The SMILES string of the molecule is COc1ccc(C(=O)Cc2ccc(Cl)c(F)c2)cc1OC. The van der Waals surface area contributed by atoms with E-state index in [0.29, 0.717) is 22.6 Å². The second kappa shape index (κ2) is 6.59. The predicted molar refractivity (Wildman–Crippen MR) is 79.0 cm³/mol. The molecule has 0 unspecified atom stereocenters. The Kier molecular flexibility index (Phi) is 4.81. The number of hydrogen-bond acceptors (Lipinski definition) is 3. The van der Waals surface area contributed by atoms with E-state index >= 15 is 0 Å². The highest BCUT2D eigenvalue weighted by molar-refractivity contribution is 6.30. The van der Waals surface area contributed by atoms with Gasteiger partial charge in [0.25, 0.3) is 0 Å². The Labute approximate surface area is 127 Å². The molecular weight excluding hydrogens is 295 g/mol. The van der Waals surface area contributed by atoms with Gasteiger partial charge in [-0.15, -0.1) is 0 Å². The predicted octanol–water partition coefficient (Wildman–Crippen LogP) is 3.92. The lowest BCUT2D eigenvalue weighted by atomic mass is 10.0. The van der Waals surface area contributed by atoms with E-state index < -0.39 is 5.82 Å². The number of ketones is 1. The van der Waals surface area contributed by atoms with Crippen LogP contribution in [0.5, 0.6) is 11.5 Å². The topological polar surface area (TPSA) is 35.5 Å². The molecule has 5 heteroatoms. The molecule has 0 amide bonds. The summed E-state index contributed by atoms with van der Waals surface area (Å²) in [4.78, 5) is 12.2. The van der Waals surface area contributed by atoms with Gasteiger partial charge in [0.05, 0.1) is 19.2 Å². The molecule has 0 atom stereocenters. The van der Waals surface area contributed by atoms with Crippen LogP contribution in [0.2, 0.25) is 5.02 Å². The fourth-order valence-corrected chi connectivity index (χ4v) is 2.06. The minimum Gasteiger partial charge on any atom is -0.493 e. The Balaban J connectivity index is 2.21. The average Bonchev–Trinajstić information content (AvgIpc) is 2.50. The van der Waals surface area contributed by atoms with E-state index in [2.05, 4.69) is 0 Å². The van der Waals surface area contributed by atoms with E-state index in [1.54, 1.807) is 24.3 Å². The Bertz CT molecular complexity index is 671. The van der Waals surface area contributed by atoms with Gasteiger partial charge in [-0.3, -0.25) is 4.79 Å². The molecule has 0 spiro atoms. The van der Waals surface area contributed by atoms with Crippen molar-refractivity contribution in [2.75, 3.05) is 14.2 Å². The highest BCUT2D eigenvalue weighted by Crippen LogP contribution is 2.28. The van der Waals surface area contributed by atoms with Gasteiger partial charge in [-0.05, 0) is 35.9 Å². The van der Waals surface area contributed by atoms with Crippen molar-refractivity contribution in [3.63, 3.8) is 0 Å². The van der Waals surface area contributed by atoms with Crippen LogP contribution in [0.1, 0.15) is 15.9 Å². The van der Waals surface area contributed by atoms with Gasteiger partial charge in [-0.1, -0.05) is 17.7 Å². The summed E-state index contributed by atoms with van der Waals surface area (Å²) in [5.41, 5.74) is 1.04. The number of hydrogen-bond donors (Lipinski definition) is 0. The van der Waals surface area contributed by atoms with Crippen LogP contribution in [0.4, 0.5) is 4.39 Å². The fraction of sp³-hybridized carbons (Fsp3) is 0.188. The van der Waals surface area contributed by atoms with E-state index in [0.717, 1.165) is 0 Å². The van der Waals surface area contributed by atoms with E-state index in [-0.39, 0.29) is 17.2 Å². The first kappa shape index (κ1) is 15.3. The third kappa shape index (κ3) is 3.52. The summed E-state index contributed by atoms with van der Waals surface area (Å²) in [7, 11) is 3.02. The number of benzene rings is 2. The second-order valence-electron chi connectivity index (χ2n) is 4.42. The van der Waals surface area contributed by atoms with E-state index in [9.17, 15) is 9.18 Å². The Morgan fingerprint density at radius 1 is 1.10 bits per heavy atom. The van der Waals surface area contributed by atoms with Gasteiger partial charge < -0.3 is 9.47 Å². The lowest BCUT2D eigenvalue weighted by Crippen LogP contribution is -2.04. The van der Waals surface area contributed by atoms with Crippen LogP contribution in [-0.4, -0.2) is 20.0 Å². The maximum Gasteiger partial charge on any atom is 0.167 e. The van der Waals surface area contributed by atoms with Crippen molar-refractivity contribution in [1.82, 2.24) is 0 Å². The third-order valence-electron chi connectivity index (χ3n) is 3.05. The van der Waals surface area contributed by atoms with Gasteiger partial charge in [0, 0.05) is 12.0 Å². The highest BCUT2D eigenvalue weighted by Gasteiger charge is 2.12. The number of carbonyl (C=O) groups excluding carboxylic acids is 1. The van der Waals surface area contributed by atoms with Crippen molar-refractivity contribution in [3.8, 4) is 11.5 Å². The monoisotopic (exact) mass is 308 g/mol. The summed E-state index contributed by atoms with van der Waals surface area (Å²) < 4.78 is 23.6. The zero-order valence-electron chi connectivity index (χ0n) is 11.7. The normalized spacial score (nSPS) is 10.3. The van der Waals surface area contributed by atoms with E-state index in [4.69, 9.17) is 21.1 Å².